The van der Waals surface area contributed by atoms with E-state index in [0.717, 1.165) is 30.5 Å². The number of benzene rings is 1. The Morgan fingerprint density at radius 3 is 2.69 bits per heavy atom. The van der Waals surface area contributed by atoms with Gasteiger partial charge in [0.2, 0.25) is 0 Å². The summed E-state index contributed by atoms with van der Waals surface area (Å²) in [5.74, 6) is 0.130. The summed E-state index contributed by atoms with van der Waals surface area (Å²) in [5, 5.41) is 3.78. The van der Waals surface area contributed by atoms with E-state index in [2.05, 4.69) is 5.32 Å². The summed E-state index contributed by atoms with van der Waals surface area (Å²) in [7, 11) is 0. The van der Waals surface area contributed by atoms with Crippen molar-refractivity contribution in [2.45, 2.75) is 32.7 Å². The maximum atomic E-state index is 12.2. The molecule has 2 nitrogen and oxygen atoms in total. The highest BCUT2D eigenvalue weighted by atomic mass is 35.5. The third-order valence-corrected chi connectivity index (χ3v) is 3.54. The highest BCUT2D eigenvalue weighted by Gasteiger charge is 2.25. The number of hydrogen-bond donors (Lipinski definition) is 1. The van der Waals surface area contributed by atoms with Crippen molar-refractivity contribution in [1.29, 1.82) is 0 Å². The fourth-order valence-corrected chi connectivity index (χ4v) is 2.38. The normalized spacial score (nSPS) is 20.1. The summed E-state index contributed by atoms with van der Waals surface area (Å²) in [5.41, 5.74) is 2.90. The molecule has 1 N–H and O–H groups in total. The van der Waals surface area contributed by atoms with Gasteiger partial charge < -0.3 is 5.32 Å². The topological polar surface area (TPSA) is 29.1 Å². The molecule has 1 aliphatic heterocycles. The predicted octanol–water partition coefficient (Wildman–Crippen LogP) is 2.89. The first kappa shape index (κ1) is 11.6. The van der Waals surface area contributed by atoms with Crippen LogP contribution < -0.4 is 5.32 Å². The molecule has 0 aliphatic carbocycles. The van der Waals surface area contributed by atoms with Crippen LogP contribution in [0.5, 0.6) is 0 Å². The van der Waals surface area contributed by atoms with Crippen LogP contribution in [0.4, 0.5) is 0 Å². The fourth-order valence-electron chi connectivity index (χ4n) is 2.07. The first-order valence-corrected chi connectivity index (χ1v) is 6.01. The van der Waals surface area contributed by atoms with Crippen LogP contribution in [-0.4, -0.2) is 18.4 Å². The van der Waals surface area contributed by atoms with Crippen molar-refractivity contribution < 1.29 is 4.79 Å². The van der Waals surface area contributed by atoms with Gasteiger partial charge in [-0.05, 0) is 56.5 Å². The van der Waals surface area contributed by atoms with Gasteiger partial charge in [-0.2, -0.15) is 0 Å². The molecule has 16 heavy (non-hydrogen) atoms. The van der Waals surface area contributed by atoms with Gasteiger partial charge in [0.15, 0.2) is 5.78 Å². The zero-order chi connectivity index (χ0) is 11.7. The molecule has 2 rings (SSSR count). The molecule has 0 radical (unpaired) electrons. The zero-order valence-electron chi connectivity index (χ0n) is 9.64. The second kappa shape index (κ2) is 4.56. The maximum absolute atomic E-state index is 12.2. The van der Waals surface area contributed by atoms with Crippen LogP contribution in [0.2, 0.25) is 5.02 Å². The van der Waals surface area contributed by atoms with Gasteiger partial charge in [-0.3, -0.25) is 4.79 Å². The summed E-state index contributed by atoms with van der Waals surface area (Å²) in [6.45, 7) is 4.94. The number of ketones is 1. The van der Waals surface area contributed by atoms with Crippen LogP contribution in [0, 0.1) is 13.8 Å². The molecule has 1 aromatic rings. The molecule has 1 fully saturated rings. The van der Waals surface area contributed by atoms with Crippen LogP contribution in [0.15, 0.2) is 12.1 Å². The minimum Gasteiger partial charge on any atom is -0.307 e. The van der Waals surface area contributed by atoms with Crippen molar-refractivity contribution in [2.24, 2.45) is 0 Å². The van der Waals surface area contributed by atoms with Crippen molar-refractivity contribution in [3.63, 3.8) is 0 Å². The van der Waals surface area contributed by atoms with Crippen LogP contribution in [0.3, 0.4) is 0 Å². The molecule has 0 aromatic heterocycles. The van der Waals surface area contributed by atoms with Crippen LogP contribution in [-0.2, 0) is 0 Å². The molecular formula is C13H16ClNO. The molecule has 0 bridgehead atoms. The monoisotopic (exact) mass is 237 g/mol. The standard InChI is InChI=1S/C13H16ClNO/c1-8-6-10(11(14)7-9(8)2)13(16)12-4-3-5-15-12/h6-7,12,15H,3-5H2,1-2H3. The van der Waals surface area contributed by atoms with Crippen LogP contribution in [0.25, 0.3) is 0 Å². The van der Waals surface area contributed by atoms with Crippen LogP contribution in [0.1, 0.15) is 34.3 Å². The lowest BCUT2D eigenvalue weighted by Crippen LogP contribution is -2.31. The van der Waals surface area contributed by atoms with Gasteiger partial charge in [0.25, 0.3) is 0 Å². The lowest BCUT2D eigenvalue weighted by Gasteiger charge is -2.12. The molecule has 86 valence electrons. The van der Waals surface area contributed by atoms with Gasteiger partial charge in [-0.15, -0.1) is 0 Å². The van der Waals surface area contributed by atoms with Crippen molar-refractivity contribution >= 4 is 17.4 Å². The molecule has 1 atom stereocenters. The molecule has 0 spiro atoms. The molecular weight excluding hydrogens is 222 g/mol. The molecule has 0 saturated carbocycles. The lowest BCUT2D eigenvalue weighted by atomic mass is 9.99. The second-order valence-corrected chi connectivity index (χ2v) is 4.84. The number of hydrogen-bond acceptors (Lipinski definition) is 2. The number of Topliss-reactive ketones (excluding diaryl/α,β-unsaturated/α-hetero) is 1. The van der Waals surface area contributed by atoms with Crippen LogP contribution >= 0.6 is 11.6 Å². The van der Waals surface area contributed by atoms with E-state index in [9.17, 15) is 4.79 Å². The van der Waals surface area contributed by atoms with Gasteiger partial charge in [-0.25, -0.2) is 0 Å². The average Bonchev–Trinajstić information content (AvgIpc) is 2.75. The van der Waals surface area contributed by atoms with E-state index in [1.54, 1.807) is 0 Å². The Labute approximate surface area is 101 Å². The van der Waals surface area contributed by atoms with E-state index in [1.807, 2.05) is 26.0 Å². The molecule has 1 heterocycles. The molecule has 1 aromatic carbocycles. The van der Waals surface area contributed by atoms with E-state index in [0.29, 0.717) is 10.6 Å². The van der Waals surface area contributed by atoms with Gasteiger partial charge in [0.05, 0.1) is 11.1 Å². The number of carbonyl (C=O) groups excluding carboxylic acids is 1. The number of nitrogens with one attached hydrogen (secondary N) is 1. The number of aryl methyl sites for hydroxylation is 2. The Morgan fingerprint density at radius 1 is 1.38 bits per heavy atom. The number of carbonyl (C=O) groups is 1. The fraction of sp³-hybridized carbons (Fsp3) is 0.462. The largest absolute Gasteiger partial charge is 0.307 e. The highest BCUT2D eigenvalue weighted by molar-refractivity contribution is 6.34. The first-order valence-electron chi connectivity index (χ1n) is 5.64. The first-order chi connectivity index (χ1) is 7.59. The second-order valence-electron chi connectivity index (χ2n) is 4.43. The minimum absolute atomic E-state index is 0.0420. The van der Waals surface area contributed by atoms with Gasteiger partial charge in [0, 0.05) is 5.56 Å². The van der Waals surface area contributed by atoms with Crippen molar-refractivity contribution in [3.05, 3.63) is 33.8 Å². The molecule has 3 heteroatoms. The van der Waals surface area contributed by atoms with Crippen molar-refractivity contribution in [2.75, 3.05) is 6.54 Å². The highest BCUT2D eigenvalue weighted by Crippen LogP contribution is 2.23. The summed E-state index contributed by atoms with van der Waals surface area (Å²) in [6.07, 6.45) is 1.99. The summed E-state index contributed by atoms with van der Waals surface area (Å²) in [6, 6.07) is 3.73. The Bertz CT molecular complexity index is 422. The Balaban J connectivity index is 2.32. The van der Waals surface area contributed by atoms with E-state index < -0.39 is 0 Å². The van der Waals surface area contributed by atoms with E-state index in [-0.39, 0.29) is 11.8 Å². The van der Waals surface area contributed by atoms with E-state index >= 15 is 0 Å². The predicted molar refractivity (Wildman–Crippen MR) is 66.3 cm³/mol. The average molecular weight is 238 g/mol. The van der Waals surface area contributed by atoms with E-state index in [4.69, 9.17) is 11.6 Å². The van der Waals surface area contributed by atoms with Crippen molar-refractivity contribution in [3.8, 4) is 0 Å². The Morgan fingerprint density at radius 2 is 2.06 bits per heavy atom. The maximum Gasteiger partial charge on any atom is 0.181 e. The Hall–Kier alpha value is -0.860. The van der Waals surface area contributed by atoms with Crippen molar-refractivity contribution in [1.82, 2.24) is 5.32 Å². The lowest BCUT2D eigenvalue weighted by molar-refractivity contribution is 0.0952. The molecule has 1 saturated heterocycles. The van der Waals surface area contributed by atoms with E-state index in [1.165, 1.54) is 0 Å². The van der Waals surface area contributed by atoms with Gasteiger partial charge in [0.1, 0.15) is 0 Å². The zero-order valence-corrected chi connectivity index (χ0v) is 10.4. The van der Waals surface area contributed by atoms with Gasteiger partial charge in [-0.1, -0.05) is 11.6 Å². The smallest absolute Gasteiger partial charge is 0.181 e. The Kier molecular flexibility index (Phi) is 3.31. The quantitative estimate of drug-likeness (QED) is 0.802. The molecule has 1 unspecified atom stereocenters. The van der Waals surface area contributed by atoms with Gasteiger partial charge >= 0.3 is 0 Å². The molecule has 1 aliphatic rings. The SMILES string of the molecule is Cc1cc(Cl)c(C(=O)C2CCCN2)cc1C. The number of halogens is 1. The minimum atomic E-state index is -0.0420. The summed E-state index contributed by atoms with van der Waals surface area (Å²) < 4.78 is 0. The number of rotatable bonds is 2. The third-order valence-electron chi connectivity index (χ3n) is 3.23. The third kappa shape index (κ3) is 2.13. The summed E-state index contributed by atoms with van der Waals surface area (Å²) in [4.78, 5) is 12.2. The molecule has 0 amide bonds. The summed E-state index contributed by atoms with van der Waals surface area (Å²) >= 11 is 6.13.